The zero-order chi connectivity index (χ0) is 6.28. The topological polar surface area (TPSA) is 122 Å². The molecule has 0 radical (unpaired) electrons. The predicted octanol–water partition coefficient (Wildman–Crippen LogP) is -9.31. The zero-order valence-corrected chi connectivity index (χ0v) is 11.9. The van der Waals surface area contributed by atoms with Gasteiger partial charge in [0.15, 0.2) is 0 Å². The largest absolute Gasteiger partial charge is 1.00 e. The molecule has 0 unspecified atom stereocenters. The molecule has 0 spiro atoms. The van der Waals surface area contributed by atoms with Crippen molar-refractivity contribution < 1.29 is 128 Å². The summed E-state index contributed by atoms with van der Waals surface area (Å²) in [4.78, 5) is 8.00. The summed E-state index contributed by atoms with van der Waals surface area (Å²) in [5, 5.41) is 9.00. The van der Waals surface area contributed by atoms with Gasteiger partial charge in [0, 0.05) is 0 Å². The van der Waals surface area contributed by atoms with Crippen molar-refractivity contribution >= 4 is 0 Å². The molecule has 0 aliphatic carbocycles. The maximum atomic E-state index is 8.41. The standard InChI is InChI=1S/ClO3.2K.HNO2/c2-1(3)4;;;2-1-3/h;;;(H,2,3)/q-1;2*+1;/p-1. The van der Waals surface area contributed by atoms with Crippen LogP contribution in [-0.4, -0.2) is 0 Å². The first kappa shape index (κ1) is 22.6. The molecule has 0 aliphatic rings. The quantitative estimate of drug-likeness (QED) is 0.222. The molecule has 0 amide bonds. The number of hydrogen-bond acceptors (Lipinski definition) is 6. The Morgan fingerprint density at radius 1 is 1.11 bits per heavy atom. The predicted molar refractivity (Wildman–Crippen MR) is 9.16 cm³/mol. The van der Waals surface area contributed by atoms with Crippen LogP contribution in [0.15, 0.2) is 5.34 Å². The maximum absolute atomic E-state index is 8.41. The summed E-state index contributed by atoms with van der Waals surface area (Å²) in [6, 6.07) is 0. The number of rotatable bonds is 0. The van der Waals surface area contributed by atoms with Gasteiger partial charge in [-0.3, -0.25) is 0 Å². The SMILES string of the molecule is O=N[O-].[K+].[K+].[O-][Cl+2]([O-])[O-]. The smallest absolute Gasteiger partial charge is 0.444 e. The van der Waals surface area contributed by atoms with E-state index in [1.165, 1.54) is 0 Å². The molecule has 0 aromatic carbocycles. The fraction of sp³-hybridized carbons (Fsp3) is 0. The first-order valence-electron chi connectivity index (χ1n) is 0.828. The summed E-state index contributed by atoms with van der Waals surface area (Å²) < 4.78 is 25.2. The summed E-state index contributed by atoms with van der Waals surface area (Å²) in [6.45, 7) is 0. The molecule has 44 valence electrons. The number of nitrogens with zero attached hydrogens (tertiary/aromatic N) is 1. The zero-order valence-electron chi connectivity index (χ0n) is 4.87. The molecule has 0 atom stereocenters. The molecule has 0 aliphatic heterocycles. The minimum absolute atomic E-state index is 0. The molecule has 0 rings (SSSR count). The molecule has 0 saturated heterocycles. The Labute approximate surface area is 139 Å². The average molecular weight is 208 g/mol. The van der Waals surface area contributed by atoms with E-state index in [2.05, 4.69) is 0 Å². The van der Waals surface area contributed by atoms with Gasteiger partial charge in [-0.25, -0.2) is 0 Å². The van der Waals surface area contributed by atoms with E-state index < -0.39 is 10.8 Å². The van der Waals surface area contributed by atoms with E-state index in [0.717, 1.165) is 5.34 Å². The number of halogens is 1. The summed E-state index contributed by atoms with van der Waals surface area (Å²) in [5.41, 5.74) is 0. The van der Waals surface area contributed by atoms with E-state index in [1.807, 2.05) is 0 Å². The Kier molecular flexibility index (Phi) is 56.4. The van der Waals surface area contributed by atoms with Crippen LogP contribution in [0.25, 0.3) is 0 Å². The summed E-state index contributed by atoms with van der Waals surface area (Å²) in [6.07, 6.45) is 0. The van der Waals surface area contributed by atoms with Gasteiger partial charge in [-0.2, -0.15) is 0 Å². The summed E-state index contributed by atoms with van der Waals surface area (Å²) in [5.74, 6) is 0. The van der Waals surface area contributed by atoms with E-state index in [9.17, 15) is 0 Å². The molecule has 9 heteroatoms. The molecule has 0 saturated carbocycles. The van der Waals surface area contributed by atoms with Crippen molar-refractivity contribution in [1.29, 1.82) is 0 Å². The molecule has 0 aromatic heterocycles. The van der Waals surface area contributed by atoms with Gasteiger partial charge in [-0.15, -0.1) is 5.34 Å². The molecule has 0 heterocycles. The van der Waals surface area contributed by atoms with Gasteiger partial charge in [-0.1, -0.05) is 0 Å². The third kappa shape index (κ3) is 105. The molecule has 9 heavy (non-hydrogen) atoms. The van der Waals surface area contributed by atoms with Crippen molar-refractivity contribution in [2.75, 3.05) is 0 Å². The second-order valence-electron chi connectivity index (χ2n) is 0.264. The Hall–Kier alpha value is 2.84. The summed E-state index contributed by atoms with van der Waals surface area (Å²) >= 11 is 0. The normalized spacial score (nSPS) is 5.33. The van der Waals surface area contributed by atoms with Gasteiger partial charge in [0.1, 0.15) is 0 Å². The van der Waals surface area contributed by atoms with Crippen LogP contribution < -0.4 is 117 Å². The maximum Gasteiger partial charge on any atom is 1.00 e. The third-order valence-electron chi connectivity index (χ3n) is 0. The van der Waals surface area contributed by atoms with Gasteiger partial charge in [0.25, 0.3) is 0 Å². The Bertz CT molecular complexity index is 39.2. The van der Waals surface area contributed by atoms with Crippen LogP contribution in [0.5, 0.6) is 0 Å². The Balaban J connectivity index is -0.0000000233. The fourth-order valence-corrected chi connectivity index (χ4v) is 0. The van der Waals surface area contributed by atoms with Gasteiger partial charge in [0.05, 0.1) is 10.8 Å². The monoisotopic (exact) mass is 207 g/mol. The van der Waals surface area contributed by atoms with E-state index in [0.29, 0.717) is 0 Å². The molecular weight excluding hydrogens is 208 g/mol. The molecular formula is ClK2NO5. The Morgan fingerprint density at radius 2 is 1.11 bits per heavy atom. The third-order valence-corrected chi connectivity index (χ3v) is 0. The molecule has 0 fully saturated rings. The van der Waals surface area contributed by atoms with Gasteiger partial charge in [-0.05, 0) is 0 Å². The average Bonchev–Trinajstić information content (AvgIpc) is 1.33. The minimum atomic E-state index is -2.85. The first-order valence-corrected chi connectivity index (χ1v) is 1.75. The van der Waals surface area contributed by atoms with Gasteiger partial charge in [0.2, 0.25) is 0 Å². The second kappa shape index (κ2) is 22.4. The van der Waals surface area contributed by atoms with E-state index in [1.54, 1.807) is 0 Å². The Morgan fingerprint density at radius 3 is 1.11 bits per heavy atom. The van der Waals surface area contributed by atoms with Crippen LogP contribution in [0.1, 0.15) is 0 Å². The summed E-state index contributed by atoms with van der Waals surface area (Å²) in [7, 11) is -2.85. The van der Waals surface area contributed by atoms with E-state index in [4.69, 9.17) is 24.1 Å². The fourth-order valence-electron chi connectivity index (χ4n) is 0. The van der Waals surface area contributed by atoms with Crippen molar-refractivity contribution in [2.24, 2.45) is 5.34 Å². The molecule has 0 N–H and O–H groups in total. The van der Waals surface area contributed by atoms with Crippen LogP contribution in [-0.2, 0) is 0 Å². The van der Waals surface area contributed by atoms with Crippen molar-refractivity contribution in [3.8, 4) is 0 Å². The van der Waals surface area contributed by atoms with Crippen LogP contribution in [0.3, 0.4) is 0 Å². The first-order chi connectivity index (χ1) is 3.15. The van der Waals surface area contributed by atoms with Crippen molar-refractivity contribution in [2.45, 2.75) is 0 Å². The minimum Gasteiger partial charge on any atom is -0.444 e. The van der Waals surface area contributed by atoms with Crippen molar-refractivity contribution in [3.63, 3.8) is 0 Å². The van der Waals surface area contributed by atoms with Gasteiger partial charge < -0.3 is 24.1 Å². The second-order valence-corrected chi connectivity index (χ2v) is 0.641. The van der Waals surface area contributed by atoms with Gasteiger partial charge >= 0.3 is 103 Å². The van der Waals surface area contributed by atoms with Crippen LogP contribution in [0, 0.1) is 20.9 Å². The van der Waals surface area contributed by atoms with E-state index in [-0.39, 0.29) is 103 Å². The number of hydrogen-bond donors (Lipinski definition) is 0. The van der Waals surface area contributed by atoms with E-state index >= 15 is 0 Å². The van der Waals surface area contributed by atoms with Crippen LogP contribution >= 0.6 is 0 Å². The van der Waals surface area contributed by atoms with Crippen LogP contribution in [0.4, 0.5) is 0 Å². The van der Waals surface area contributed by atoms with Crippen molar-refractivity contribution in [3.05, 3.63) is 10.1 Å². The van der Waals surface area contributed by atoms with Crippen LogP contribution in [0.2, 0.25) is 0 Å². The van der Waals surface area contributed by atoms with Crippen molar-refractivity contribution in [1.82, 2.24) is 0 Å². The molecule has 0 aromatic rings. The molecule has 0 bridgehead atoms. The molecule has 6 nitrogen and oxygen atoms in total.